The highest BCUT2D eigenvalue weighted by atomic mass is 19.1. The molecule has 2 heteroatoms. The Morgan fingerprint density at radius 2 is 2.20 bits per heavy atom. The molecule has 0 atom stereocenters. The number of rotatable bonds is 1. The van der Waals surface area contributed by atoms with Crippen LogP contribution in [0.2, 0.25) is 0 Å². The molecule has 0 saturated heterocycles. The fourth-order valence-electron chi connectivity index (χ4n) is 0.888. The van der Waals surface area contributed by atoms with Crippen molar-refractivity contribution in [1.29, 1.82) is 0 Å². The Bertz CT molecular complexity index is 233. The lowest BCUT2D eigenvalue weighted by Gasteiger charge is -2.00. The zero-order valence-corrected chi connectivity index (χ0v) is 5.89. The van der Waals surface area contributed by atoms with Gasteiger partial charge in [-0.3, -0.25) is 0 Å². The first-order valence-electron chi connectivity index (χ1n) is 3.28. The average molecular weight is 134 g/mol. The summed E-state index contributed by atoms with van der Waals surface area (Å²) in [5, 5.41) is 0. The lowest BCUT2D eigenvalue weighted by molar-refractivity contribution is 0.628. The van der Waals surface area contributed by atoms with E-state index < -0.39 is 0 Å². The summed E-state index contributed by atoms with van der Waals surface area (Å²) in [6.45, 7) is 1.99. The second-order valence-electron chi connectivity index (χ2n) is 2.20. The van der Waals surface area contributed by atoms with Gasteiger partial charge in [0.2, 0.25) is 0 Å². The molecular formula is C8H8BF. The Morgan fingerprint density at radius 3 is 2.70 bits per heavy atom. The monoisotopic (exact) mass is 134 g/mol. The molecule has 0 aliphatic heterocycles. The summed E-state index contributed by atoms with van der Waals surface area (Å²) in [5.74, 6) is -0.269. The number of hydrogen-bond donors (Lipinski definition) is 0. The van der Waals surface area contributed by atoms with Crippen LogP contribution in [0, 0.1) is 5.82 Å². The van der Waals surface area contributed by atoms with Crippen molar-refractivity contribution >= 4 is 13.3 Å². The lowest BCUT2D eigenvalue weighted by Crippen LogP contribution is -2.09. The number of aryl methyl sites for hydroxylation is 1. The highest BCUT2D eigenvalue weighted by Crippen LogP contribution is 1.99. The van der Waals surface area contributed by atoms with Gasteiger partial charge in [-0.2, -0.15) is 0 Å². The summed E-state index contributed by atoms with van der Waals surface area (Å²) < 4.78 is 12.4. The maximum atomic E-state index is 12.4. The summed E-state index contributed by atoms with van der Waals surface area (Å²) in [6, 6.07) is 4.48. The molecule has 0 nitrogen and oxygen atoms in total. The van der Waals surface area contributed by atoms with Crippen molar-refractivity contribution in [2.24, 2.45) is 0 Å². The lowest BCUT2D eigenvalue weighted by atomic mass is 9.89. The van der Waals surface area contributed by atoms with Gasteiger partial charge in [-0.1, -0.05) is 24.0 Å². The van der Waals surface area contributed by atoms with E-state index in [-0.39, 0.29) is 5.82 Å². The van der Waals surface area contributed by atoms with Gasteiger partial charge in [0.15, 0.2) is 0 Å². The summed E-state index contributed by atoms with van der Waals surface area (Å²) in [6.07, 6.45) is 0.853. The molecule has 0 aromatic heterocycles. The minimum atomic E-state index is -0.269. The molecule has 0 N–H and O–H groups in total. The number of benzene rings is 1. The minimum absolute atomic E-state index is 0.269. The highest BCUT2D eigenvalue weighted by molar-refractivity contribution is 6.33. The first-order chi connectivity index (χ1) is 4.74. The van der Waals surface area contributed by atoms with Crippen LogP contribution in [0.25, 0.3) is 0 Å². The SMILES string of the molecule is [B]c1cc(F)ccc1CC. The molecule has 0 aliphatic rings. The van der Waals surface area contributed by atoms with E-state index in [4.69, 9.17) is 7.85 Å². The van der Waals surface area contributed by atoms with Gasteiger partial charge in [0.25, 0.3) is 0 Å². The molecule has 0 amide bonds. The molecular weight excluding hydrogens is 126 g/mol. The van der Waals surface area contributed by atoms with E-state index in [0.29, 0.717) is 5.46 Å². The molecule has 0 saturated carbocycles. The van der Waals surface area contributed by atoms with Crippen LogP contribution >= 0.6 is 0 Å². The maximum Gasteiger partial charge on any atom is 0.122 e. The van der Waals surface area contributed by atoms with Crippen molar-refractivity contribution in [2.45, 2.75) is 13.3 Å². The minimum Gasteiger partial charge on any atom is -0.207 e. The van der Waals surface area contributed by atoms with Crippen molar-refractivity contribution in [3.8, 4) is 0 Å². The second-order valence-corrected chi connectivity index (χ2v) is 2.20. The zero-order chi connectivity index (χ0) is 7.56. The van der Waals surface area contributed by atoms with Crippen molar-refractivity contribution in [3.63, 3.8) is 0 Å². The number of hydrogen-bond acceptors (Lipinski definition) is 0. The third kappa shape index (κ3) is 1.38. The van der Waals surface area contributed by atoms with E-state index in [9.17, 15) is 4.39 Å². The summed E-state index contributed by atoms with van der Waals surface area (Å²) in [5.41, 5.74) is 1.55. The van der Waals surface area contributed by atoms with E-state index in [1.54, 1.807) is 6.07 Å². The van der Waals surface area contributed by atoms with Crippen molar-refractivity contribution in [2.75, 3.05) is 0 Å². The predicted octanol–water partition coefficient (Wildman–Crippen LogP) is 1.18. The molecule has 50 valence electrons. The Kier molecular flexibility index (Phi) is 2.10. The van der Waals surface area contributed by atoms with E-state index in [1.165, 1.54) is 12.1 Å². The Labute approximate surface area is 61.5 Å². The predicted molar refractivity (Wildman–Crippen MR) is 41.2 cm³/mol. The van der Waals surface area contributed by atoms with Gasteiger partial charge in [0, 0.05) is 0 Å². The van der Waals surface area contributed by atoms with Crippen LogP contribution in [0.1, 0.15) is 12.5 Å². The van der Waals surface area contributed by atoms with E-state index in [2.05, 4.69) is 0 Å². The zero-order valence-electron chi connectivity index (χ0n) is 5.89. The number of halogens is 1. The van der Waals surface area contributed by atoms with E-state index in [0.717, 1.165) is 12.0 Å². The van der Waals surface area contributed by atoms with Crippen LogP contribution < -0.4 is 5.46 Å². The average Bonchev–Trinajstić information content (AvgIpc) is 1.88. The quantitative estimate of drug-likeness (QED) is 0.506. The molecule has 0 unspecified atom stereocenters. The highest BCUT2D eigenvalue weighted by Gasteiger charge is 1.95. The summed E-state index contributed by atoms with van der Waals surface area (Å²) in [7, 11) is 5.49. The fourth-order valence-corrected chi connectivity index (χ4v) is 0.888. The standard InChI is InChI=1S/C8H8BF/c1-2-6-3-4-7(10)5-8(6)9/h3-5H,2H2,1H3. The van der Waals surface area contributed by atoms with Gasteiger partial charge in [-0.15, -0.1) is 0 Å². The van der Waals surface area contributed by atoms with Gasteiger partial charge in [0.1, 0.15) is 13.7 Å². The van der Waals surface area contributed by atoms with Gasteiger partial charge < -0.3 is 0 Å². The van der Waals surface area contributed by atoms with Crippen LogP contribution in [-0.4, -0.2) is 7.85 Å². The molecule has 1 aromatic rings. The van der Waals surface area contributed by atoms with Crippen LogP contribution in [0.3, 0.4) is 0 Å². The molecule has 0 spiro atoms. The van der Waals surface area contributed by atoms with Crippen molar-refractivity contribution in [1.82, 2.24) is 0 Å². The smallest absolute Gasteiger partial charge is 0.122 e. The molecule has 2 radical (unpaired) electrons. The van der Waals surface area contributed by atoms with Gasteiger partial charge in [-0.05, 0) is 18.6 Å². The molecule has 1 aromatic carbocycles. The molecule has 0 bridgehead atoms. The topological polar surface area (TPSA) is 0 Å². The Morgan fingerprint density at radius 1 is 1.50 bits per heavy atom. The molecule has 1 rings (SSSR count). The van der Waals surface area contributed by atoms with Crippen LogP contribution in [0.5, 0.6) is 0 Å². The first-order valence-corrected chi connectivity index (χ1v) is 3.28. The van der Waals surface area contributed by atoms with Crippen LogP contribution in [-0.2, 0) is 6.42 Å². The van der Waals surface area contributed by atoms with E-state index in [1.807, 2.05) is 6.92 Å². The summed E-state index contributed by atoms with van der Waals surface area (Å²) in [4.78, 5) is 0. The summed E-state index contributed by atoms with van der Waals surface area (Å²) >= 11 is 0. The molecule has 0 heterocycles. The van der Waals surface area contributed by atoms with Gasteiger partial charge >= 0.3 is 0 Å². The molecule has 10 heavy (non-hydrogen) atoms. The second kappa shape index (κ2) is 2.87. The van der Waals surface area contributed by atoms with Crippen molar-refractivity contribution < 1.29 is 4.39 Å². The molecule has 0 aliphatic carbocycles. The maximum absolute atomic E-state index is 12.4. The van der Waals surface area contributed by atoms with Crippen LogP contribution in [0.4, 0.5) is 4.39 Å². The van der Waals surface area contributed by atoms with Gasteiger partial charge in [-0.25, -0.2) is 4.39 Å². The van der Waals surface area contributed by atoms with Gasteiger partial charge in [0.05, 0.1) is 0 Å². The normalized spacial score (nSPS) is 9.80. The Hall–Kier alpha value is -0.785. The largest absolute Gasteiger partial charge is 0.207 e. The van der Waals surface area contributed by atoms with Crippen molar-refractivity contribution in [3.05, 3.63) is 29.6 Å². The Balaban J connectivity index is 3.07. The molecule has 0 fully saturated rings. The third-order valence-electron chi connectivity index (χ3n) is 1.49. The van der Waals surface area contributed by atoms with E-state index >= 15 is 0 Å². The first kappa shape index (κ1) is 7.32. The third-order valence-corrected chi connectivity index (χ3v) is 1.49. The fraction of sp³-hybridized carbons (Fsp3) is 0.250. The van der Waals surface area contributed by atoms with Crippen LogP contribution in [0.15, 0.2) is 18.2 Å².